The van der Waals surface area contributed by atoms with Crippen LogP contribution < -0.4 is 5.32 Å². The Bertz CT molecular complexity index is 1170. The van der Waals surface area contributed by atoms with E-state index < -0.39 is 0 Å². The number of piperidine rings is 1. The molecule has 5 rings (SSSR count). The molecule has 11 nitrogen and oxygen atoms in total. The van der Waals surface area contributed by atoms with Crippen LogP contribution in [0.4, 0.5) is 0 Å². The largest absolute Gasteiger partial charge is 0.384 e. The molecule has 4 heterocycles. The van der Waals surface area contributed by atoms with Crippen molar-refractivity contribution in [3.8, 4) is 0 Å². The van der Waals surface area contributed by atoms with Crippen molar-refractivity contribution in [3.05, 3.63) is 16.6 Å². The molecule has 1 spiro atoms. The highest BCUT2D eigenvalue weighted by atomic mass is 32.1. The Morgan fingerprint density at radius 3 is 2.55 bits per heavy atom. The van der Waals surface area contributed by atoms with Gasteiger partial charge in [0.2, 0.25) is 12.3 Å². The van der Waals surface area contributed by atoms with E-state index in [2.05, 4.69) is 44.9 Å². The van der Waals surface area contributed by atoms with Crippen LogP contribution in [0.15, 0.2) is 11.7 Å². The maximum atomic E-state index is 13.1. The lowest BCUT2D eigenvalue weighted by Crippen LogP contribution is -2.62. The third-order valence-electron chi connectivity index (χ3n) is 11.1. The average molecular weight is 708 g/mol. The van der Waals surface area contributed by atoms with Crippen molar-refractivity contribution in [3.63, 3.8) is 0 Å². The summed E-state index contributed by atoms with van der Waals surface area (Å²) in [5, 5.41) is 3.40. The first-order chi connectivity index (χ1) is 23.6. The summed E-state index contributed by atoms with van der Waals surface area (Å²) in [7, 11) is 1.71. The fourth-order valence-electron chi connectivity index (χ4n) is 7.75. The van der Waals surface area contributed by atoms with Gasteiger partial charge in [0.1, 0.15) is 4.88 Å². The molecular formula is C37H65N5O6S. The number of thiazole rings is 1. The molecule has 4 aliphatic rings. The number of hydrogen-bond donors (Lipinski definition) is 1. The zero-order valence-electron chi connectivity index (χ0n) is 31.0. The summed E-state index contributed by atoms with van der Waals surface area (Å²) in [6.07, 6.45) is 10.4. The van der Waals surface area contributed by atoms with Gasteiger partial charge >= 0.3 is 0 Å². The lowest BCUT2D eigenvalue weighted by atomic mass is 9.70. The van der Waals surface area contributed by atoms with Crippen molar-refractivity contribution in [1.29, 1.82) is 0 Å². The van der Waals surface area contributed by atoms with E-state index >= 15 is 0 Å². The summed E-state index contributed by atoms with van der Waals surface area (Å²) in [6.45, 7) is 19.1. The van der Waals surface area contributed by atoms with Crippen LogP contribution in [0.25, 0.3) is 0 Å². The van der Waals surface area contributed by atoms with Crippen LogP contribution in [0.1, 0.15) is 90.7 Å². The van der Waals surface area contributed by atoms with E-state index in [0.29, 0.717) is 61.6 Å². The minimum absolute atomic E-state index is 0. The molecule has 4 fully saturated rings. The molecule has 3 saturated heterocycles. The fourth-order valence-corrected chi connectivity index (χ4v) is 8.33. The van der Waals surface area contributed by atoms with Gasteiger partial charge in [-0.05, 0) is 62.2 Å². The minimum Gasteiger partial charge on any atom is -0.384 e. The highest BCUT2D eigenvalue weighted by molar-refractivity contribution is 7.11. The van der Waals surface area contributed by atoms with Crippen molar-refractivity contribution >= 4 is 29.6 Å². The molecular weight excluding hydrogens is 643 g/mol. The molecule has 3 aliphatic heterocycles. The third kappa shape index (κ3) is 11.2. The van der Waals surface area contributed by atoms with Gasteiger partial charge in [-0.25, -0.2) is 0 Å². The summed E-state index contributed by atoms with van der Waals surface area (Å²) in [5.74, 6) is 2.04. The number of amides is 3. The van der Waals surface area contributed by atoms with Gasteiger partial charge in [-0.1, -0.05) is 40.5 Å². The van der Waals surface area contributed by atoms with Gasteiger partial charge in [-0.2, -0.15) is 0 Å². The number of carbonyl (C=O) groups is 3. The zero-order chi connectivity index (χ0) is 35.4. The predicted octanol–water partition coefficient (Wildman–Crippen LogP) is 5.02. The topological polar surface area (TPSA) is 114 Å². The molecule has 49 heavy (non-hydrogen) atoms. The van der Waals surface area contributed by atoms with Gasteiger partial charge < -0.3 is 28.9 Å². The number of hydrogen-bond acceptors (Lipinski definition) is 9. The zero-order valence-corrected chi connectivity index (χ0v) is 31.8. The smallest absolute Gasteiger partial charge is 0.265 e. The van der Waals surface area contributed by atoms with Crippen LogP contribution in [-0.4, -0.2) is 123 Å². The summed E-state index contributed by atoms with van der Waals surface area (Å²) < 4.78 is 16.9. The van der Waals surface area contributed by atoms with E-state index in [-0.39, 0.29) is 30.1 Å². The maximum Gasteiger partial charge on any atom is 0.265 e. The number of rotatable bonds is 18. The molecule has 12 heteroatoms. The lowest BCUT2D eigenvalue weighted by molar-refractivity contribution is -0.147. The summed E-state index contributed by atoms with van der Waals surface area (Å²) in [6, 6.07) is 0.234. The first-order valence-electron chi connectivity index (χ1n) is 18.6. The molecule has 280 valence electrons. The van der Waals surface area contributed by atoms with Gasteiger partial charge in [0.05, 0.1) is 31.7 Å². The molecule has 1 saturated carbocycles. The second-order valence-corrected chi connectivity index (χ2v) is 16.5. The molecule has 5 atom stereocenters. The first-order valence-corrected chi connectivity index (χ1v) is 19.5. The number of nitrogens with zero attached hydrogens (tertiary/aromatic N) is 4. The van der Waals surface area contributed by atoms with Gasteiger partial charge in [0.15, 0.2) is 0 Å². The van der Waals surface area contributed by atoms with Gasteiger partial charge in [0.25, 0.3) is 5.91 Å². The fraction of sp³-hybridized carbons (Fsp3) is 0.838. The van der Waals surface area contributed by atoms with Crippen molar-refractivity contribution in [2.24, 2.45) is 34.5 Å². The average Bonchev–Trinajstić information content (AvgIpc) is 3.42. The standard InChI is InChI=1S/C29H48N4O4S.C8H15NO2.H2/c1-6-8-22(7-2)15-37-14-21(3)31-19-36-10-9-23-13-32(27(35)25-12-30-20-38-25)16-29(23)17-33(18-29)26(34)24-11-28(24,4)5;1-11-6-8-3-2-4-9(5-8)7-10;/h12,20-24,31H,6-11,13-19H2,1-5H3;7-8H,2-6H2,1H3;1H/t21-,22?,23?,24-;8-;/m10./s1. The Morgan fingerprint density at radius 2 is 1.92 bits per heavy atom. The Morgan fingerprint density at radius 1 is 1.16 bits per heavy atom. The van der Waals surface area contributed by atoms with Crippen LogP contribution in [0.2, 0.25) is 0 Å². The van der Waals surface area contributed by atoms with Crippen molar-refractivity contribution in [1.82, 2.24) is 25.0 Å². The molecule has 2 unspecified atom stereocenters. The summed E-state index contributed by atoms with van der Waals surface area (Å²) in [5.41, 5.74) is 1.82. The molecule has 1 aromatic heterocycles. The molecule has 0 bridgehead atoms. The Kier molecular flexibility index (Phi) is 15.3. The number of carbonyl (C=O) groups excluding carboxylic acids is 3. The minimum atomic E-state index is -0.0265. The van der Waals surface area contributed by atoms with E-state index in [1.165, 1.54) is 37.0 Å². The SMILES string of the molecule is CCCC(CC)COC[C@@H](C)NCOCCC1CN(C(=O)c2cncs2)CC12CN(C(=O)[C@H]1CC1(C)C)C2.COC[C@H]1CCCN(C=O)C1.[HH]. The van der Waals surface area contributed by atoms with Crippen LogP contribution in [0, 0.1) is 34.5 Å². The third-order valence-corrected chi connectivity index (χ3v) is 11.9. The highest BCUT2D eigenvalue weighted by Crippen LogP contribution is 2.55. The molecule has 0 radical (unpaired) electrons. The highest BCUT2D eigenvalue weighted by Gasteiger charge is 2.60. The lowest BCUT2D eigenvalue weighted by Gasteiger charge is -2.51. The first kappa shape index (κ1) is 39.7. The molecule has 1 N–H and O–H groups in total. The van der Waals surface area contributed by atoms with Crippen LogP contribution >= 0.6 is 11.3 Å². The van der Waals surface area contributed by atoms with Gasteiger partial charge in [-0.15, -0.1) is 11.3 Å². The monoisotopic (exact) mass is 707 g/mol. The van der Waals surface area contributed by atoms with E-state index in [1.54, 1.807) is 18.8 Å². The number of likely N-dealkylation sites (tertiary alicyclic amines) is 3. The predicted molar refractivity (Wildman–Crippen MR) is 194 cm³/mol. The van der Waals surface area contributed by atoms with E-state index in [1.807, 2.05) is 14.7 Å². The van der Waals surface area contributed by atoms with Crippen LogP contribution in [0.5, 0.6) is 0 Å². The van der Waals surface area contributed by atoms with Crippen molar-refractivity contribution in [2.75, 3.05) is 79.5 Å². The van der Waals surface area contributed by atoms with E-state index in [9.17, 15) is 14.4 Å². The Hall–Kier alpha value is -2.12. The van der Waals surface area contributed by atoms with E-state index in [4.69, 9.17) is 14.2 Å². The summed E-state index contributed by atoms with van der Waals surface area (Å²) in [4.78, 5) is 47.1. The van der Waals surface area contributed by atoms with Crippen LogP contribution in [0.3, 0.4) is 0 Å². The maximum absolute atomic E-state index is 13.1. The van der Waals surface area contributed by atoms with Crippen molar-refractivity contribution in [2.45, 2.75) is 85.6 Å². The number of ether oxygens (including phenoxy) is 3. The molecule has 1 aromatic rings. The van der Waals surface area contributed by atoms with Crippen LogP contribution in [-0.2, 0) is 23.8 Å². The number of methoxy groups -OCH3 is 1. The number of nitrogens with one attached hydrogen (secondary N) is 1. The summed E-state index contributed by atoms with van der Waals surface area (Å²) >= 11 is 1.39. The molecule has 1 aliphatic carbocycles. The number of aromatic nitrogens is 1. The normalized spacial score (nSPS) is 24.9. The van der Waals surface area contributed by atoms with E-state index in [0.717, 1.165) is 65.1 Å². The quantitative estimate of drug-likeness (QED) is 0.129. The van der Waals surface area contributed by atoms with Gasteiger partial charge in [-0.3, -0.25) is 24.7 Å². The second-order valence-electron chi connectivity index (χ2n) is 15.7. The van der Waals surface area contributed by atoms with Gasteiger partial charge in [0, 0.05) is 78.4 Å². The van der Waals surface area contributed by atoms with Crippen molar-refractivity contribution < 1.29 is 30.0 Å². The molecule has 3 amide bonds. The Balaban J connectivity index is 0.000000481. The Labute approximate surface area is 300 Å². The second kappa shape index (κ2) is 18.9. The molecule has 0 aromatic carbocycles.